The Morgan fingerprint density at radius 1 is 0.800 bits per heavy atom. The molecule has 6 aromatic rings. The third kappa shape index (κ3) is 4.16. The van der Waals surface area contributed by atoms with E-state index in [0.717, 1.165) is 55.9 Å². The van der Waals surface area contributed by atoms with E-state index in [9.17, 15) is 0 Å². The number of methoxy groups -OCH3 is 1. The number of aromatic nitrogens is 4. The van der Waals surface area contributed by atoms with E-state index < -0.39 is 0 Å². The van der Waals surface area contributed by atoms with E-state index in [1.165, 1.54) is 0 Å². The number of aromatic amines is 1. The van der Waals surface area contributed by atoms with Crippen molar-refractivity contribution in [2.75, 3.05) is 7.11 Å². The summed E-state index contributed by atoms with van der Waals surface area (Å²) < 4.78 is 7.38. The van der Waals surface area contributed by atoms with Crippen LogP contribution in [0.3, 0.4) is 0 Å². The lowest BCUT2D eigenvalue weighted by Gasteiger charge is -2.07. The molecule has 35 heavy (non-hydrogen) atoms. The van der Waals surface area contributed by atoms with Gasteiger partial charge in [0.15, 0.2) is 0 Å². The molecule has 6 heteroatoms. The Balaban J connectivity index is 1.36. The van der Waals surface area contributed by atoms with Crippen LogP contribution >= 0.6 is 11.3 Å². The molecular formula is C29H22N4OS. The minimum Gasteiger partial charge on any atom is -0.497 e. The Morgan fingerprint density at radius 2 is 1.57 bits per heavy atom. The van der Waals surface area contributed by atoms with Crippen LogP contribution in [0.4, 0.5) is 0 Å². The monoisotopic (exact) mass is 474 g/mol. The van der Waals surface area contributed by atoms with Crippen LogP contribution in [0.25, 0.3) is 50.2 Å². The second-order valence-corrected chi connectivity index (χ2v) is 9.04. The van der Waals surface area contributed by atoms with E-state index in [0.29, 0.717) is 0 Å². The number of nitrogens with one attached hydrogen (secondary N) is 1. The number of hydrogen-bond donors (Lipinski definition) is 1. The largest absolute Gasteiger partial charge is 0.497 e. The molecule has 0 bridgehead atoms. The number of imidazole rings is 2. The molecule has 0 aliphatic heterocycles. The molecule has 0 amide bonds. The van der Waals surface area contributed by atoms with Crippen molar-refractivity contribution in [2.45, 2.75) is 0 Å². The Bertz CT molecular complexity index is 1550. The van der Waals surface area contributed by atoms with Gasteiger partial charge in [0.2, 0.25) is 0 Å². The maximum atomic E-state index is 5.34. The summed E-state index contributed by atoms with van der Waals surface area (Å²) in [7, 11) is 1.68. The van der Waals surface area contributed by atoms with Gasteiger partial charge in [0.05, 0.1) is 35.4 Å². The standard InChI is InChI=1S/C29H22N4OS/c1-34-24-15-11-22(12-16-24)28-27(31-29(32-28)26-8-5-17-35-26)21-9-13-23(14-10-21)33-18-25(30-19-33)20-6-3-2-4-7-20/h2-19H,1H3,(H,31,32). The van der Waals surface area contributed by atoms with Gasteiger partial charge in [0.1, 0.15) is 11.6 Å². The van der Waals surface area contributed by atoms with Crippen molar-refractivity contribution < 1.29 is 4.74 Å². The van der Waals surface area contributed by atoms with E-state index in [2.05, 4.69) is 64.0 Å². The third-order valence-corrected chi connectivity index (χ3v) is 6.80. The molecule has 0 unspecified atom stereocenters. The fourth-order valence-electron chi connectivity index (χ4n) is 4.09. The smallest absolute Gasteiger partial charge is 0.148 e. The van der Waals surface area contributed by atoms with Gasteiger partial charge in [-0.1, -0.05) is 48.5 Å². The molecule has 1 N–H and O–H groups in total. The highest BCUT2D eigenvalue weighted by molar-refractivity contribution is 7.13. The molecular weight excluding hydrogens is 452 g/mol. The van der Waals surface area contributed by atoms with Crippen LogP contribution < -0.4 is 4.74 Å². The van der Waals surface area contributed by atoms with Gasteiger partial charge in [0, 0.05) is 28.6 Å². The summed E-state index contributed by atoms with van der Waals surface area (Å²) >= 11 is 1.67. The predicted molar refractivity (Wildman–Crippen MR) is 142 cm³/mol. The maximum absolute atomic E-state index is 5.34. The molecule has 3 aromatic carbocycles. The number of H-pyrrole nitrogens is 1. The van der Waals surface area contributed by atoms with E-state index in [1.54, 1.807) is 18.4 Å². The lowest BCUT2D eigenvalue weighted by molar-refractivity contribution is 0.415. The van der Waals surface area contributed by atoms with Crippen LogP contribution in [0.1, 0.15) is 0 Å². The van der Waals surface area contributed by atoms with Crippen LogP contribution in [0.2, 0.25) is 0 Å². The fourth-order valence-corrected chi connectivity index (χ4v) is 4.76. The summed E-state index contributed by atoms with van der Waals surface area (Å²) in [6.07, 6.45) is 3.91. The Kier molecular flexibility index (Phi) is 5.48. The first kappa shape index (κ1) is 21.1. The molecule has 5 nitrogen and oxygen atoms in total. The van der Waals surface area contributed by atoms with Crippen LogP contribution in [0.5, 0.6) is 5.75 Å². The van der Waals surface area contributed by atoms with Crippen molar-refractivity contribution in [1.29, 1.82) is 0 Å². The summed E-state index contributed by atoms with van der Waals surface area (Å²) in [6, 6.07) is 30.8. The summed E-state index contributed by atoms with van der Waals surface area (Å²) in [4.78, 5) is 14.2. The van der Waals surface area contributed by atoms with Crippen LogP contribution in [-0.2, 0) is 0 Å². The van der Waals surface area contributed by atoms with Crippen molar-refractivity contribution in [1.82, 2.24) is 19.5 Å². The molecule has 0 saturated carbocycles. The molecule has 0 aliphatic rings. The van der Waals surface area contributed by atoms with Gasteiger partial charge in [-0.05, 0) is 47.8 Å². The second-order valence-electron chi connectivity index (χ2n) is 8.09. The zero-order valence-corrected chi connectivity index (χ0v) is 19.9. The Hall–Kier alpha value is -4.42. The Morgan fingerprint density at radius 3 is 2.29 bits per heavy atom. The summed E-state index contributed by atoms with van der Waals surface area (Å²) in [5.41, 5.74) is 7.10. The molecule has 0 spiro atoms. The molecule has 3 aromatic heterocycles. The molecule has 0 atom stereocenters. The number of nitrogens with zero attached hydrogens (tertiary/aromatic N) is 3. The summed E-state index contributed by atoms with van der Waals surface area (Å²) in [5, 5.41) is 2.06. The highest BCUT2D eigenvalue weighted by atomic mass is 32.1. The second kappa shape index (κ2) is 9.08. The molecule has 0 radical (unpaired) electrons. The summed E-state index contributed by atoms with van der Waals surface area (Å²) in [6.45, 7) is 0. The van der Waals surface area contributed by atoms with E-state index in [4.69, 9.17) is 9.72 Å². The molecule has 6 rings (SSSR count). The first-order chi connectivity index (χ1) is 17.3. The van der Waals surface area contributed by atoms with Gasteiger partial charge in [-0.2, -0.15) is 0 Å². The highest BCUT2D eigenvalue weighted by Gasteiger charge is 2.16. The van der Waals surface area contributed by atoms with Crippen molar-refractivity contribution in [3.8, 4) is 55.9 Å². The zero-order valence-electron chi connectivity index (χ0n) is 19.1. The number of benzene rings is 3. The fraction of sp³-hybridized carbons (Fsp3) is 0.0345. The van der Waals surface area contributed by atoms with Gasteiger partial charge in [0.25, 0.3) is 0 Å². The van der Waals surface area contributed by atoms with E-state index >= 15 is 0 Å². The average molecular weight is 475 g/mol. The van der Waals surface area contributed by atoms with Gasteiger partial charge in [-0.25, -0.2) is 9.97 Å². The van der Waals surface area contributed by atoms with Gasteiger partial charge >= 0.3 is 0 Å². The molecule has 0 fully saturated rings. The summed E-state index contributed by atoms with van der Waals surface area (Å²) in [5.74, 6) is 1.69. The minimum atomic E-state index is 0.823. The first-order valence-electron chi connectivity index (χ1n) is 11.3. The molecule has 0 saturated heterocycles. The maximum Gasteiger partial charge on any atom is 0.148 e. The number of ether oxygens (including phenoxy) is 1. The van der Waals surface area contributed by atoms with Crippen molar-refractivity contribution >= 4 is 11.3 Å². The molecule has 170 valence electrons. The van der Waals surface area contributed by atoms with E-state index in [1.807, 2.05) is 59.4 Å². The van der Waals surface area contributed by atoms with Crippen molar-refractivity contribution in [3.05, 3.63) is 109 Å². The minimum absolute atomic E-state index is 0.823. The number of thiophene rings is 1. The van der Waals surface area contributed by atoms with Gasteiger partial charge < -0.3 is 14.3 Å². The topological polar surface area (TPSA) is 55.7 Å². The predicted octanol–water partition coefficient (Wildman–Crippen LogP) is 7.33. The molecule has 3 heterocycles. The zero-order chi connectivity index (χ0) is 23.6. The lowest BCUT2D eigenvalue weighted by atomic mass is 10.0. The first-order valence-corrected chi connectivity index (χ1v) is 12.1. The molecule has 0 aliphatic carbocycles. The van der Waals surface area contributed by atoms with Crippen LogP contribution in [0.15, 0.2) is 109 Å². The van der Waals surface area contributed by atoms with Gasteiger partial charge in [-0.15, -0.1) is 11.3 Å². The van der Waals surface area contributed by atoms with E-state index in [-0.39, 0.29) is 0 Å². The average Bonchev–Trinajstić information content (AvgIpc) is 3.70. The van der Waals surface area contributed by atoms with Gasteiger partial charge in [-0.3, -0.25) is 0 Å². The highest BCUT2D eigenvalue weighted by Crippen LogP contribution is 2.35. The van der Waals surface area contributed by atoms with Crippen molar-refractivity contribution in [2.24, 2.45) is 0 Å². The lowest BCUT2D eigenvalue weighted by Crippen LogP contribution is -1.90. The quantitative estimate of drug-likeness (QED) is 0.275. The van der Waals surface area contributed by atoms with Crippen LogP contribution in [0, 0.1) is 0 Å². The normalized spacial score (nSPS) is 11.0. The van der Waals surface area contributed by atoms with Crippen LogP contribution in [-0.4, -0.2) is 26.6 Å². The van der Waals surface area contributed by atoms with Crippen molar-refractivity contribution in [3.63, 3.8) is 0 Å². The Labute approximate surface area is 207 Å². The third-order valence-electron chi connectivity index (χ3n) is 5.93. The number of rotatable bonds is 6. The number of hydrogen-bond acceptors (Lipinski definition) is 4. The SMILES string of the molecule is COc1ccc(-c2nc(-c3cccs3)[nH]c2-c2ccc(-n3cnc(-c4ccccc4)c3)cc2)cc1.